The third kappa shape index (κ3) is 4.53. The van der Waals surface area contributed by atoms with Gasteiger partial charge >= 0.3 is 0 Å². The van der Waals surface area contributed by atoms with Crippen molar-refractivity contribution in [1.29, 1.82) is 0 Å². The summed E-state index contributed by atoms with van der Waals surface area (Å²) in [6.07, 6.45) is 11.6. The molecule has 0 N–H and O–H groups in total. The fourth-order valence-corrected chi connectivity index (χ4v) is 3.11. The van der Waals surface area contributed by atoms with E-state index in [2.05, 4.69) is 37.3 Å². The van der Waals surface area contributed by atoms with Gasteiger partial charge in [0, 0.05) is 0 Å². The van der Waals surface area contributed by atoms with Crippen LogP contribution >= 0.6 is 0 Å². The topological polar surface area (TPSA) is 0 Å². The van der Waals surface area contributed by atoms with E-state index in [1.54, 1.807) is 0 Å². The van der Waals surface area contributed by atoms with Crippen LogP contribution in [0, 0.1) is 11.8 Å². The van der Waals surface area contributed by atoms with Gasteiger partial charge in [-0.1, -0.05) is 82.2 Å². The predicted molar refractivity (Wildman–Crippen MR) is 75.1 cm³/mol. The molecule has 1 aliphatic rings. The Kier molecular flexibility index (Phi) is 5.09. The Balaban J connectivity index is 1.68. The first-order valence-electron chi connectivity index (χ1n) is 7.38. The molecule has 0 saturated heterocycles. The number of hydrogen-bond acceptors (Lipinski definition) is 0. The van der Waals surface area contributed by atoms with E-state index in [0.717, 1.165) is 11.8 Å². The zero-order valence-corrected chi connectivity index (χ0v) is 11.2. The van der Waals surface area contributed by atoms with Crippen molar-refractivity contribution in [3.8, 4) is 0 Å². The molecule has 1 aliphatic carbocycles. The summed E-state index contributed by atoms with van der Waals surface area (Å²) >= 11 is 0. The van der Waals surface area contributed by atoms with Crippen LogP contribution in [-0.2, 0) is 6.42 Å². The lowest BCUT2D eigenvalue weighted by Crippen LogP contribution is -2.09. The Bertz CT molecular complexity index is 295. The Morgan fingerprint density at radius 2 is 1.76 bits per heavy atom. The summed E-state index contributed by atoms with van der Waals surface area (Å²) in [5.74, 6) is 1.89. The van der Waals surface area contributed by atoms with Crippen molar-refractivity contribution in [3.63, 3.8) is 0 Å². The fraction of sp³-hybridized carbons (Fsp3) is 0.647. The molecule has 1 unspecified atom stereocenters. The Morgan fingerprint density at radius 3 is 2.47 bits per heavy atom. The summed E-state index contributed by atoms with van der Waals surface area (Å²) in [4.78, 5) is 0. The first-order chi connectivity index (χ1) is 8.34. The van der Waals surface area contributed by atoms with E-state index in [4.69, 9.17) is 0 Å². The van der Waals surface area contributed by atoms with Gasteiger partial charge in [0.2, 0.25) is 0 Å². The molecule has 1 atom stereocenters. The molecule has 1 fully saturated rings. The SMILES string of the molecule is CC(CCC1CCCCC1)Cc1ccccc1. The first-order valence-corrected chi connectivity index (χ1v) is 7.38. The number of hydrogen-bond donors (Lipinski definition) is 0. The van der Waals surface area contributed by atoms with Crippen LogP contribution in [-0.4, -0.2) is 0 Å². The summed E-state index contributed by atoms with van der Waals surface area (Å²) in [7, 11) is 0. The van der Waals surface area contributed by atoms with Gasteiger partial charge in [-0.25, -0.2) is 0 Å². The fourth-order valence-electron chi connectivity index (χ4n) is 3.11. The highest BCUT2D eigenvalue weighted by Crippen LogP contribution is 2.29. The predicted octanol–water partition coefficient (Wildman–Crippen LogP) is 5.23. The average Bonchev–Trinajstić information content (AvgIpc) is 2.39. The molecule has 0 radical (unpaired) electrons. The van der Waals surface area contributed by atoms with E-state index in [9.17, 15) is 0 Å². The van der Waals surface area contributed by atoms with Crippen molar-refractivity contribution >= 4 is 0 Å². The second-order valence-corrected chi connectivity index (χ2v) is 5.88. The first kappa shape index (κ1) is 12.7. The van der Waals surface area contributed by atoms with Gasteiger partial charge in [-0.2, -0.15) is 0 Å². The molecular formula is C17H26. The summed E-state index contributed by atoms with van der Waals surface area (Å²) in [5.41, 5.74) is 1.50. The van der Waals surface area contributed by atoms with E-state index in [-0.39, 0.29) is 0 Å². The van der Waals surface area contributed by atoms with E-state index in [1.165, 1.54) is 56.9 Å². The van der Waals surface area contributed by atoms with Crippen molar-refractivity contribution in [2.24, 2.45) is 11.8 Å². The lowest BCUT2D eigenvalue weighted by atomic mass is 9.83. The third-order valence-electron chi connectivity index (χ3n) is 4.22. The molecular weight excluding hydrogens is 204 g/mol. The molecule has 1 saturated carbocycles. The smallest absolute Gasteiger partial charge is 0.0253 e. The molecule has 1 aromatic carbocycles. The molecule has 0 aliphatic heterocycles. The lowest BCUT2D eigenvalue weighted by Gasteiger charge is -2.23. The monoisotopic (exact) mass is 230 g/mol. The quantitative estimate of drug-likeness (QED) is 0.650. The maximum atomic E-state index is 2.41. The molecule has 0 nitrogen and oxygen atoms in total. The largest absolute Gasteiger partial charge is 0.0622 e. The molecule has 0 heteroatoms. The van der Waals surface area contributed by atoms with E-state index in [0.29, 0.717) is 0 Å². The highest BCUT2D eigenvalue weighted by molar-refractivity contribution is 5.14. The second-order valence-electron chi connectivity index (χ2n) is 5.88. The molecule has 2 rings (SSSR count). The van der Waals surface area contributed by atoms with Crippen LogP contribution in [0.5, 0.6) is 0 Å². The standard InChI is InChI=1S/C17H26/c1-15(14-17-10-6-3-7-11-17)12-13-16-8-4-2-5-9-16/h3,6-7,10-11,15-16H,2,4-5,8-9,12-14H2,1H3. The van der Waals surface area contributed by atoms with Gasteiger partial charge < -0.3 is 0 Å². The van der Waals surface area contributed by atoms with E-state index >= 15 is 0 Å². The van der Waals surface area contributed by atoms with Gasteiger partial charge in [0.25, 0.3) is 0 Å². The van der Waals surface area contributed by atoms with Gasteiger partial charge in [0.1, 0.15) is 0 Å². The maximum absolute atomic E-state index is 2.41. The summed E-state index contributed by atoms with van der Waals surface area (Å²) in [5, 5.41) is 0. The van der Waals surface area contributed by atoms with Crippen LogP contribution in [0.25, 0.3) is 0 Å². The maximum Gasteiger partial charge on any atom is -0.0253 e. The van der Waals surface area contributed by atoms with Crippen LogP contribution in [0.15, 0.2) is 30.3 Å². The molecule has 17 heavy (non-hydrogen) atoms. The Labute approximate surface area is 106 Å². The van der Waals surface area contributed by atoms with Crippen LogP contribution in [0.3, 0.4) is 0 Å². The van der Waals surface area contributed by atoms with Gasteiger partial charge in [0.15, 0.2) is 0 Å². The minimum atomic E-state index is 0.847. The highest BCUT2D eigenvalue weighted by Gasteiger charge is 2.14. The zero-order chi connectivity index (χ0) is 11.9. The van der Waals surface area contributed by atoms with Crippen molar-refractivity contribution in [3.05, 3.63) is 35.9 Å². The lowest BCUT2D eigenvalue weighted by molar-refractivity contribution is 0.312. The number of rotatable bonds is 5. The Morgan fingerprint density at radius 1 is 1.06 bits per heavy atom. The molecule has 0 amide bonds. The van der Waals surface area contributed by atoms with Crippen molar-refractivity contribution in [2.45, 2.75) is 58.3 Å². The van der Waals surface area contributed by atoms with Crippen LogP contribution in [0.4, 0.5) is 0 Å². The van der Waals surface area contributed by atoms with Crippen LogP contribution < -0.4 is 0 Å². The van der Waals surface area contributed by atoms with Crippen molar-refractivity contribution in [1.82, 2.24) is 0 Å². The molecule has 94 valence electrons. The molecule has 0 spiro atoms. The molecule has 1 aromatic rings. The minimum absolute atomic E-state index is 0.847. The summed E-state index contributed by atoms with van der Waals surface area (Å²) < 4.78 is 0. The molecule has 0 bridgehead atoms. The Hall–Kier alpha value is -0.780. The van der Waals surface area contributed by atoms with Crippen LogP contribution in [0.1, 0.15) is 57.4 Å². The van der Waals surface area contributed by atoms with Gasteiger partial charge in [-0.15, -0.1) is 0 Å². The average molecular weight is 230 g/mol. The van der Waals surface area contributed by atoms with Crippen molar-refractivity contribution in [2.75, 3.05) is 0 Å². The normalized spacial score (nSPS) is 19.1. The third-order valence-corrected chi connectivity index (χ3v) is 4.22. The van der Waals surface area contributed by atoms with Gasteiger partial charge in [-0.3, -0.25) is 0 Å². The summed E-state index contributed by atoms with van der Waals surface area (Å²) in [6.45, 7) is 2.41. The van der Waals surface area contributed by atoms with Crippen molar-refractivity contribution < 1.29 is 0 Å². The second kappa shape index (κ2) is 6.83. The number of benzene rings is 1. The highest BCUT2D eigenvalue weighted by atomic mass is 14.2. The van der Waals surface area contributed by atoms with Gasteiger partial charge in [-0.05, 0) is 23.8 Å². The van der Waals surface area contributed by atoms with E-state index in [1.807, 2.05) is 0 Å². The van der Waals surface area contributed by atoms with E-state index < -0.39 is 0 Å². The summed E-state index contributed by atoms with van der Waals surface area (Å²) in [6, 6.07) is 10.9. The molecule has 0 aromatic heterocycles. The zero-order valence-electron chi connectivity index (χ0n) is 11.2. The van der Waals surface area contributed by atoms with Gasteiger partial charge in [0.05, 0.1) is 0 Å². The van der Waals surface area contributed by atoms with Crippen LogP contribution in [0.2, 0.25) is 0 Å². The minimum Gasteiger partial charge on any atom is -0.0622 e. The molecule has 0 heterocycles.